The molecule has 158 valence electrons. The van der Waals surface area contributed by atoms with E-state index in [0.717, 1.165) is 13.0 Å². The Bertz CT molecular complexity index is 640. The number of halogens is 1. The molecule has 2 heterocycles. The SMILES string of the molecule is CCCCCCC[n+]1cccc(S(=O)(=O)N2CCOCC2)c1.[O-][Cl+](O)(O)O. The summed E-state index contributed by atoms with van der Waals surface area (Å²) in [5.41, 5.74) is 0. The minimum absolute atomic E-state index is 0.380. The number of morpholine rings is 1. The summed E-state index contributed by atoms with van der Waals surface area (Å²) >= 11 is 0. The number of hydrogen-bond acceptors (Lipinski definition) is 7. The average molecular weight is 430 g/mol. The molecule has 0 aliphatic carbocycles. The molecule has 1 aliphatic heterocycles. The van der Waals surface area contributed by atoms with Crippen molar-refractivity contribution < 1.29 is 46.6 Å². The van der Waals surface area contributed by atoms with Crippen LogP contribution >= 0.6 is 0 Å². The fraction of sp³-hybridized carbons (Fsp3) is 0.688. The molecule has 11 heteroatoms. The molecule has 27 heavy (non-hydrogen) atoms. The minimum atomic E-state index is -4.19. The second-order valence-corrected chi connectivity index (χ2v) is 8.95. The maximum atomic E-state index is 12.6. The van der Waals surface area contributed by atoms with Gasteiger partial charge >= 0.3 is 28.9 Å². The molecule has 2 rings (SSSR count). The Hall–Kier alpha value is -0.850. The van der Waals surface area contributed by atoms with Crippen LogP contribution in [-0.4, -0.2) is 53.0 Å². The molecular formula is C16H30ClN2O7S+. The van der Waals surface area contributed by atoms with Crippen LogP contribution in [0.5, 0.6) is 0 Å². The van der Waals surface area contributed by atoms with Crippen molar-refractivity contribution in [2.45, 2.75) is 50.5 Å². The molecule has 0 atom stereocenters. The zero-order valence-corrected chi connectivity index (χ0v) is 17.1. The predicted octanol–water partition coefficient (Wildman–Crippen LogP) is -0.895. The fourth-order valence-electron chi connectivity index (χ4n) is 2.62. The van der Waals surface area contributed by atoms with Gasteiger partial charge in [0.1, 0.15) is 11.4 Å². The van der Waals surface area contributed by atoms with Crippen LogP contribution in [0.15, 0.2) is 29.4 Å². The van der Waals surface area contributed by atoms with Gasteiger partial charge in [-0.3, -0.25) is 0 Å². The van der Waals surface area contributed by atoms with E-state index in [4.69, 9.17) is 23.4 Å². The summed E-state index contributed by atoms with van der Waals surface area (Å²) in [6.45, 7) is 4.90. The van der Waals surface area contributed by atoms with Gasteiger partial charge in [0.05, 0.1) is 13.2 Å². The topological polar surface area (TPSA) is 134 Å². The Morgan fingerprint density at radius 2 is 1.78 bits per heavy atom. The number of aryl methyl sites for hydroxylation is 1. The molecule has 1 aromatic heterocycles. The summed E-state index contributed by atoms with van der Waals surface area (Å²) in [7, 11) is -7.59. The van der Waals surface area contributed by atoms with Gasteiger partial charge in [-0.2, -0.15) is 4.31 Å². The third-order valence-corrected chi connectivity index (χ3v) is 5.84. The van der Waals surface area contributed by atoms with Crippen molar-refractivity contribution in [3.8, 4) is 0 Å². The summed E-state index contributed by atoms with van der Waals surface area (Å²) in [6, 6.07) is 3.50. The number of rotatable bonds is 8. The molecule has 0 bridgehead atoms. The number of nitrogens with zero attached hydrogens (tertiary/aromatic N) is 2. The summed E-state index contributed by atoms with van der Waals surface area (Å²) < 4.78 is 64.2. The van der Waals surface area contributed by atoms with Gasteiger partial charge in [-0.15, -0.1) is 0 Å². The van der Waals surface area contributed by atoms with Crippen molar-refractivity contribution in [2.24, 2.45) is 0 Å². The standard InChI is InChI=1S/C16H27N2O3S.ClH3O4/c1-2-3-4-5-6-9-17-10-7-8-16(15-17)22(19,20)18-11-13-21-14-12-18;2-1(3,4)5/h7-8,10,15H,2-6,9,11-14H2,1H3;2-4H/q+1;. The molecule has 1 fully saturated rings. The van der Waals surface area contributed by atoms with E-state index in [1.54, 1.807) is 12.3 Å². The summed E-state index contributed by atoms with van der Waals surface area (Å²) in [4.78, 5) is 0.380. The van der Waals surface area contributed by atoms with Gasteiger partial charge in [0.2, 0.25) is 10.0 Å². The molecule has 1 saturated heterocycles. The van der Waals surface area contributed by atoms with Crippen LogP contribution in [0.1, 0.15) is 39.0 Å². The number of aromatic nitrogens is 1. The second kappa shape index (κ2) is 11.9. The molecule has 0 unspecified atom stereocenters. The molecule has 1 aromatic rings. The Balaban J connectivity index is 0.000000646. The fourth-order valence-corrected chi connectivity index (χ4v) is 4.07. The first kappa shape index (κ1) is 24.2. The Labute approximate surface area is 162 Å². The third-order valence-electron chi connectivity index (χ3n) is 3.96. The zero-order chi connectivity index (χ0) is 20.3. The second-order valence-electron chi connectivity index (χ2n) is 6.14. The maximum absolute atomic E-state index is 12.6. The molecule has 0 aromatic carbocycles. The predicted molar refractivity (Wildman–Crippen MR) is 91.6 cm³/mol. The van der Waals surface area contributed by atoms with Crippen LogP contribution in [0.2, 0.25) is 0 Å². The van der Waals surface area contributed by atoms with Gasteiger partial charge in [-0.25, -0.2) is 13.0 Å². The number of hydrogen-bond donors (Lipinski definition) is 3. The number of sulfonamides is 1. The molecule has 0 radical (unpaired) electrons. The molecule has 0 saturated carbocycles. The van der Waals surface area contributed by atoms with Gasteiger partial charge in [-0.1, -0.05) is 26.2 Å². The van der Waals surface area contributed by atoms with Gasteiger partial charge in [-0.05, 0) is 12.5 Å². The van der Waals surface area contributed by atoms with Crippen molar-refractivity contribution in [1.29, 1.82) is 0 Å². The summed E-state index contributed by atoms with van der Waals surface area (Å²) in [6.07, 6.45) is 9.75. The van der Waals surface area contributed by atoms with Crippen LogP contribution in [0.25, 0.3) is 0 Å². The molecule has 0 spiro atoms. The van der Waals surface area contributed by atoms with Crippen molar-refractivity contribution in [3.05, 3.63) is 24.5 Å². The zero-order valence-electron chi connectivity index (χ0n) is 15.5. The van der Waals surface area contributed by atoms with Crippen molar-refractivity contribution in [2.75, 3.05) is 26.3 Å². The van der Waals surface area contributed by atoms with Crippen LogP contribution in [0, 0.1) is 10.2 Å². The molecule has 9 nitrogen and oxygen atoms in total. The van der Waals surface area contributed by atoms with E-state index in [2.05, 4.69) is 6.92 Å². The third kappa shape index (κ3) is 10.3. The van der Waals surface area contributed by atoms with E-state index < -0.39 is 20.3 Å². The van der Waals surface area contributed by atoms with Gasteiger partial charge in [0, 0.05) is 25.6 Å². The summed E-state index contributed by atoms with van der Waals surface area (Å²) in [5.74, 6) is 0. The number of ether oxygens (including phenoxy) is 1. The van der Waals surface area contributed by atoms with E-state index in [1.165, 1.54) is 30.0 Å². The van der Waals surface area contributed by atoms with Crippen molar-refractivity contribution in [3.63, 3.8) is 0 Å². The first-order valence-electron chi connectivity index (χ1n) is 8.87. The first-order valence-corrected chi connectivity index (χ1v) is 11.6. The van der Waals surface area contributed by atoms with Crippen LogP contribution < -0.4 is 9.23 Å². The van der Waals surface area contributed by atoms with Crippen molar-refractivity contribution in [1.82, 2.24) is 4.31 Å². The monoisotopic (exact) mass is 429 g/mol. The summed E-state index contributed by atoms with van der Waals surface area (Å²) in [5, 5.41) is 0. The molecule has 3 N–H and O–H groups in total. The Morgan fingerprint density at radius 3 is 2.37 bits per heavy atom. The Kier molecular flexibility index (Phi) is 10.6. The van der Waals surface area contributed by atoms with E-state index in [-0.39, 0.29) is 0 Å². The van der Waals surface area contributed by atoms with Crippen LogP contribution in [0.3, 0.4) is 0 Å². The van der Waals surface area contributed by atoms with Crippen LogP contribution in [-0.2, 0) is 21.3 Å². The normalized spacial score (nSPS) is 16.5. The number of unbranched alkanes of at least 4 members (excludes halogenated alkanes) is 4. The van der Waals surface area contributed by atoms with E-state index in [1.807, 2.05) is 16.8 Å². The van der Waals surface area contributed by atoms with E-state index in [9.17, 15) is 8.42 Å². The average Bonchev–Trinajstić information content (AvgIpc) is 2.61. The van der Waals surface area contributed by atoms with Gasteiger partial charge in [0.15, 0.2) is 12.4 Å². The molecule has 1 aliphatic rings. The quantitative estimate of drug-likeness (QED) is 0.360. The van der Waals surface area contributed by atoms with Crippen molar-refractivity contribution >= 4 is 10.0 Å². The van der Waals surface area contributed by atoms with E-state index >= 15 is 0 Å². The number of pyridine rings is 1. The van der Waals surface area contributed by atoms with Crippen LogP contribution in [0.4, 0.5) is 0 Å². The molecular weight excluding hydrogens is 400 g/mol. The van der Waals surface area contributed by atoms with Gasteiger partial charge in [0.25, 0.3) is 0 Å². The van der Waals surface area contributed by atoms with Gasteiger partial charge < -0.3 is 4.74 Å². The van der Waals surface area contributed by atoms with E-state index in [0.29, 0.717) is 31.2 Å². The molecule has 0 amide bonds. The first-order chi connectivity index (χ1) is 12.6. The Morgan fingerprint density at radius 1 is 1.19 bits per heavy atom.